The standard InChI is InChI=1S/C21H21FN6O3/c1-2-31-18-8-6-16(7-9-18)27-13-14(10-20(27)29)21(30)23-12-19-24-25-26-28(19)17-5-3-4-15(22)11-17/h3-9,11,14H,2,10,12-13H2,1H3,(H,23,30)/t14-/m1/s1. The highest BCUT2D eigenvalue weighted by molar-refractivity contribution is 6.00. The van der Waals surface area contributed by atoms with Crippen LogP contribution in [-0.2, 0) is 16.1 Å². The maximum absolute atomic E-state index is 13.5. The molecule has 1 atom stereocenters. The number of nitrogens with one attached hydrogen (secondary N) is 1. The lowest BCUT2D eigenvalue weighted by atomic mass is 10.1. The Labute approximate surface area is 177 Å². The molecule has 0 aliphatic carbocycles. The van der Waals surface area contributed by atoms with Crippen LogP contribution in [0.15, 0.2) is 48.5 Å². The first-order valence-corrected chi connectivity index (χ1v) is 9.89. The third-order valence-electron chi connectivity index (χ3n) is 4.96. The van der Waals surface area contributed by atoms with Crippen LogP contribution in [0.4, 0.5) is 10.1 Å². The Morgan fingerprint density at radius 1 is 1.23 bits per heavy atom. The predicted molar refractivity (Wildman–Crippen MR) is 109 cm³/mol. The molecule has 2 aromatic carbocycles. The fourth-order valence-electron chi connectivity index (χ4n) is 3.46. The number of ether oxygens (including phenoxy) is 1. The second kappa shape index (κ2) is 8.90. The minimum Gasteiger partial charge on any atom is -0.494 e. The molecule has 4 rings (SSSR count). The third kappa shape index (κ3) is 4.52. The smallest absolute Gasteiger partial charge is 0.227 e. The molecule has 0 saturated carbocycles. The number of carbonyl (C=O) groups excluding carboxylic acids is 2. The van der Waals surface area contributed by atoms with Gasteiger partial charge in [-0.2, -0.15) is 4.68 Å². The summed E-state index contributed by atoms with van der Waals surface area (Å²) in [4.78, 5) is 26.7. The van der Waals surface area contributed by atoms with Crippen LogP contribution in [0.2, 0.25) is 0 Å². The summed E-state index contributed by atoms with van der Waals surface area (Å²) in [5, 5.41) is 14.1. The van der Waals surface area contributed by atoms with Gasteiger partial charge in [-0.05, 0) is 59.8 Å². The lowest BCUT2D eigenvalue weighted by molar-refractivity contribution is -0.126. The van der Waals surface area contributed by atoms with Gasteiger partial charge in [0.25, 0.3) is 0 Å². The number of anilines is 1. The molecule has 10 heteroatoms. The van der Waals surface area contributed by atoms with Gasteiger partial charge in [0, 0.05) is 18.7 Å². The molecule has 0 bridgehead atoms. The van der Waals surface area contributed by atoms with E-state index in [0.717, 1.165) is 11.4 Å². The van der Waals surface area contributed by atoms with Gasteiger partial charge in [0.2, 0.25) is 11.8 Å². The maximum Gasteiger partial charge on any atom is 0.227 e. The van der Waals surface area contributed by atoms with E-state index in [2.05, 4.69) is 20.8 Å². The van der Waals surface area contributed by atoms with Gasteiger partial charge >= 0.3 is 0 Å². The molecule has 0 spiro atoms. The van der Waals surface area contributed by atoms with Crippen molar-refractivity contribution >= 4 is 17.5 Å². The van der Waals surface area contributed by atoms with Crippen molar-refractivity contribution in [2.24, 2.45) is 5.92 Å². The highest BCUT2D eigenvalue weighted by atomic mass is 19.1. The molecular weight excluding hydrogens is 403 g/mol. The van der Waals surface area contributed by atoms with E-state index < -0.39 is 11.7 Å². The van der Waals surface area contributed by atoms with Gasteiger partial charge in [0.05, 0.1) is 24.8 Å². The number of halogens is 1. The highest BCUT2D eigenvalue weighted by Crippen LogP contribution is 2.27. The normalized spacial score (nSPS) is 15.9. The topological polar surface area (TPSA) is 102 Å². The quantitative estimate of drug-likeness (QED) is 0.621. The van der Waals surface area contributed by atoms with Crippen molar-refractivity contribution < 1.29 is 18.7 Å². The number of hydrogen-bond acceptors (Lipinski definition) is 6. The second-order valence-corrected chi connectivity index (χ2v) is 7.04. The summed E-state index contributed by atoms with van der Waals surface area (Å²) in [7, 11) is 0. The van der Waals surface area contributed by atoms with E-state index in [1.165, 1.54) is 16.8 Å². The number of hydrogen-bond donors (Lipinski definition) is 1. The number of tetrazole rings is 1. The summed E-state index contributed by atoms with van der Waals surface area (Å²) in [6.07, 6.45) is 0.119. The van der Waals surface area contributed by atoms with Crippen molar-refractivity contribution in [1.82, 2.24) is 25.5 Å². The molecule has 1 saturated heterocycles. The average molecular weight is 424 g/mol. The first-order chi connectivity index (χ1) is 15.0. The van der Waals surface area contributed by atoms with E-state index >= 15 is 0 Å². The van der Waals surface area contributed by atoms with E-state index in [9.17, 15) is 14.0 Å². The molecule has 160 valence electrons. The zero-order chi connectivity index (χ0) is 21.8. The molecule has 1 aliphatic heterocycles. The predicted octanol–water partition coefficient (Wildman–Crippen LogP) is 1.87. The number of carbonyl (C=O) groups is 2. The number of nitrogens with zero attached hydrogens (tertiary/aromatic N) is 5. The molecule has 1 fully saturated rings. The molecule has 0 unspecified atom stereocenters. The molecule has 1 aromatic heterocycles. The van der Waals surface area contributed by atoms with Gasteiger partial charge in [-0.3, -0.25) is 9.59 Å². The van der Waals surface area contributed by atoms with E-state index in [0.29, 0.717) is 18.1 Å². The van der Waals surface area contributed by atoms with Crippen LogP contribution in [0, 0.1) is 11.7 Å². The Morgan fingerprint density at radius 3 is 2.77 bits per heavy atom. The van der Waals surface area contributed by atoms with Gasteiger partial charge in [0.1, 0.15) is 11.6 Å². The van der Waals surface area contributed by atoms with Crippen LogP contribution >= 0.6 is 0 Å². The van der Waals surface area contributed by atoms with Crippen LogP contribution in [0.1, 0.15) is 19.2 Å². The van der Waals surface area contributed by atoms with Crippen molar-refractivity contribution in [3.8, 4) is 11.4 Å². The Balaban J connectivity index is 1.38. The summed E-state index contributed by atoms with van der Waals surface area (Å²) in [6.45, 7) is 2.80. The zero-order valence-corrected chi connectivity index (χ0v) is 16.9. The van der Waals surface area contributed by atoms with Crippen molar-refractivity contribution in [1.29, 1.82) is 0 Å². The summed E-state index contributed by atoms with van der Waals surface area (Å²) in [5.74, 6) is -0.210. The van der Waals surface area contributed by atoms with Crippen molar-refractivity contribution in [2.75, 3.05) is 18.1 Å². The maximum atomic E-state index is 13.5. The molecule has 9 nitrogen and oxygen atoms in total. The molecule has 3 aromatic rings. The minimum atomic E-state index is -0.488. The molecule has 1 N–H and O–H groups in total. The van der Waals surface area contributed by atoms with Gasteiger partial charge < -0.3 is 15.0 Å². The van der Waals surface area contributed by atoms with Crippen LogP contribution in [0.25, 0.3) is 5.69 Å². The van der Waals surface area contributed by atoms with Crippen molar-refractivity contribution in [2.45, 2.75) is 19.9 Å². The summed E-state index contributed by atoms with van der Waals surface area (Å²) in [5.41, 5.74) is 1.17. The van der Waals surface area contributed by atoms with Gasteiger partial charge in [-0.25, -0.2) is 4.39 Å². The van der Waals surface area contributed by atoms with E-state index in [-0.39, 0.29) is 31.3 Å². The molecule has 31 heavy (non-hydrogen) atoms. The first kappa shape index (κ1) is 20.5. The Morgan fingerprint density at radius 2 is 2.03 bits per heavy atom. The first-order valence-electron chi connectivity index (χ1n) is 9.89. The third-order valence-corrected chi connectivity index (χ3v) is 4.96. The van der Waals surface area contributed by atoms with Gasteiger partial charge in [-0.1, -0.05) is 6.07 Å². The SMILES string of the molecule is CCOc1ccc(N2C[C@H](C(=O)NCc3nnnn3-c3cccc(F)c3)CC2=O)cc1. The molecular formula is C21H21FN6O3. The zero-order valence-electron chi connectivity index (χ0n) is 16.9. The van der Waals surface area contributed by atoms with E-state index in [1.54, 1.807) is 41.3 Å². The summed E-state index contributed by atoms with van der Waals surface area (Å²) >= 11 is 0. The highest BCUT2D eigenvalue weighted by Gasteiger charge is 2.35. The number of benzene rings is 2. The summed E-state index contributed by atoms with van der Waals surface area (Å²) in [6, 6.07) is 13.0. The van der Waals surface area contributed by atoms with Gasteiger partial charge in [0.15, 0.2) is 5.82 Å². The molecule has 2 amide bonds. The monoisotopic (exact) mass is 424 g/mol. The molecule has 2 heterocycles. The van der Waals surface area contributed by atoms with Gasteiger partial charge in [-0.15, -0.1) is 5.10 Å². The minimum absolute atomic E-state index is 0.0517. The van der Waals surface area contributed by atoms with Crippen molar-refractivity contribution in [3.63, 3.8) is 0 Å². The van der Waals surface area contributed by atoms with E-state index in [4.69, 9.17) is 4.74 Å². The number of rotatable bonds is 7. The lowest BCUT2D eigenvalue weighted by Gasteiger charge is -2.17. The van der Waals surface area contributed by atoms with Crippen LogP contribution in [0.5, 0.6) is 5.75 Å². The molecule has 0 radical (unpaired) electrons. The fraction of sp³-hybridized carbons (Fsp3) is 0.286. The summed E-state index contributed by atoms with van der Waals surface area (Å²) < 4.78 is 20.3. The number of amides is 2. The average Bonchev–Trinajstić information content (AvgIpc) is 3.39. The van der Waals surface area contributed by atoms with E-state index in [1.807, 2.05) is 6.92 Å². The second-order valence-electron chi connectivity index (χ2n) is 7.04. The Kier molecular flexibility index (Phi) is 5.87. The Hall–Kier alpha value is -3.82. The number of aromatic nitrogens is 4. The molecule has 1 aliphatic rings. The van der Waals surface area contributed by atoms with Crippen molar-refractivity contribution in [3.05, 3.63) is 60.2 Å². The largest absolute Gasteiger partial charge is 0.494 e. The fourth-order valence-corrected chi connectivity index (χ4v) is 3.46. The Bertz CT molecular complexity index is 1080. The lowest BCUT2D eigenvalue weighted by Crippen LogP contribution is -2.33. The van der Waals surface area contributed by atoms with Crippen LogP contribution in [0.3, 0.4) is 0 Å². The van der Waals surface area contributed by atoms with Crippen LogP contribution in [-0.4, -0.2) is 45.2 Å². The van der Waals surface area contributed by atoms with Crippen LogP contribution < -0.4 is 15.0 Å².